The molecule has 0 bridgehead atoms. The summed E-state index contributed by atoms with van der Waals surface area (Å²) in [4.78, 5) is 33.0. The molecule has 2 aromatic rings. The number of esters is 1. The minimum absolute atomic E-state index is 0.0432. The number of amides is 1. The highest BCUT2D eigenvalue weighted by atomic mass is 16.5. The number of aryl methyl sites for hydroxylation is 2. The fourth-order valence-corrected chi connectivity index (χ4v) is 3.41. The van der Waals surface area contributed by atoms with Gasteiger partial charge in [0.25, 0.3) is 11.7 Å². The molecule has 1 amide bonds. The van der Waals surface area contributed by atoms with Crippen LogP contribution >= 0.6 is 0 Å². The number of nitrogens with one attached hydrogen (secondary N) is 1. The molecule has 1 aliphatic carbocycles. The first-order valence-electron chi connectivity index (χ1n) is 9.11. The predicted octanol–water partition coefficient (Wildman–Crippen LogP) is 1.66. The lowest BCUT2D eigenvalue weighted by molar-refractivity contribution is -0.154. The number of nitrogens with zero attached hydrogens (tertiary/aromatic N) is 4. The first-order chi connectivity index (χ1) is 12.5. The molecule has 1 fully saturated rings. The van der Waals surface area contributed by atoms with Crippen molar-refractivity contribution < 1.29 is 14.3 Å². The Morgan fingerprint density at radius 2 is 2.04 bits per heavy atom. The van der Waals surface area contributed by atoms with E-state index in [0.717, 1.165) is 36.9 Å². The molecule has 140 valence electrons. The van der Waals surface area contributed by atoms with E-state index >= 15 is 0 Å². The molecule has 0 aromatic carbocycles. The van der Waals surface area contributed by atoms with Gasteiger partial charge in [-0.25, -0.2) is 9.50 Å². The van der Waals surface area contributed by atoms with Crippen LogP contribution < -0.4 is 5.32 Å². The molecule has 8 nitrogen and oxygen atoms in total. The van der Waals surface area contributed by atoms with E-state index in [1.54, 1.807) is 11.4 Å². The summed E-state index contributed by atoms with van der Waals surface area (Å²) in [6, 6.07) is 0.195. The molecule has 0 spiro atoms. The number of hydrogen-bond donors (Lipinski definition) is 1. The van der Waals surface area contributed by atoms with Crippen molar-refractivity contribution in [3.05, 3.63) is 23.3 Å². The van der Waals surface area contributed by atoms with Crippen LogP contribution in [0.4, 0.5) is 0 Å². The molecule has 1 saturated carbocycles. The summed E-state index contributed by atoms with van der Waals surface area (Å²) in [5, 5.41) is 7.09. The summed E-state index contributed by atoms with van der Waals surface area (Å²) in [6.07, 6.45) is 6.14. The molecule has 8 heteroatoms. The summed E-state index contributed by atoms with van der Waals surface area (Å²) in [6.45, 7) is 5.29. The molecular weight excluding hydrogens is 334 g/mol. The fraction of sp³-hybridized carbons (Fsp3) is 0.611. The largest absolute Gasteiger partial charge is 0.452 e. The zero-order valence-corrected chi connectivity index (χ0v) is 15.5. The number of rotatable bonds is 5. The van der Waals surface area contributed by atoms with Gasteiger partial charge in [0, 0.05) is 23.0 Å². The lowest BCUT2D eigenvalue weighted by Crippen LogP contribution is -2.43. The van der Waals surface area contributed by atoms with E-state index in [0.29, 0.717) is 11.5 Å². The van der Waals surface area contributed by atoms with Gasteiger partial charge < -0.3 is 10.1 Å². The van der Waals surface area contributed by atoms with Crippen LogP contribution in [0.15, 0.2) is 6.33 Å². The Balaban J connectivity index is 1.60. The van der Waals surface area contributed by atoms with Crippen LogP contribution in [0.25, 0.3) is 5.78 Å². The van der Waals surface area contributed by atoms with Crippen LogP contribution in [-0.2, 0) is 20.7 Å². The van der Waals surface area contributed by atoms with Crippen molar-refractivity contribution in [2.75, 3.05) is 0 Å². The van der Waals surface area contributed by atoms with E-state index in [1.807, 2.05) is 13.8 Å². The van der Waals surface area contributed by atoms with E-state index in [1.165, 1.54) is 12.7 Å². The average Bonchev–Trinajstić information content (AvgIpc) is 3.08. The number of carbonyl (C=O) groups is 2. The molecule has 26 heavy (non-hydrogen) atoms. The molecule has 1 N–H and O–H groups in total. The molecule has 2 heterocycles. The summed E-state index contributed by atoms with van der Waals surface area (Å²) >= 11 is 0. The zero-order chi connectivity index (χ0) is 18.7. The zero-order valence-electron chi connectivity index (χ0n) is 15.5. The Morgan fingerprint density at radius 1 is 1.31 bits per heavy atom. The minimum atomic E-state index is -0.812. The number of hydrogen-bond acceptors (Lipinski definition) is 6. The Hall–Kier alpha value is -2.51. The van der Waals surface area contributed by atoms with Crippen LogP contribution in [0.3, 0.4) is 0 Å². The summed E-state index contributed by atoms with van der Waals surface area (Å²) in [5.41, 5.74) is 2.24. The Labute approximate surface area is 152 Å². The van der Waals surface area contributed by atoms with Crippen molar-refractivity contribution in [2.24, 2.45) is 0 Å². The Kier molecular flexibility index (Phi) is 5.49. The van der Waals surface area contributed by atoms with Gasteiger partial charge in [-0.05, 0) is 33.6 Å². The summed E-state index contributed by atoms with van der Waals surface area (Å²) < 4.78 is 6.93. The molecule has 0 aliphatic heterocycles. The molecule has 3 rings (SSSR count). The van der Waals surface area contributed by atoms with Crippen LogP contribution in [0.2, 0.25) is 0 Å². The second kappa shape index (κ2) is 7.80. The predicted molar refractivity (Wildman–Crippen MR) is 94.5 cm³/mol. The van der Waals surface area contributed by atoms with Crippen molar-refractivity contribution in [1.82, 2.24) is 24.9 Å². The van der Waals surface area contributed by atoms with Crippen molar-refractivity contribution in [2.45, 2.75) is 71.4 Å². The lowest BCUT2D eigenvalue weighted by atomic mass is 9.95. The van der Waals surface area contributed by atoms with Crippen molar-refractivity contribution in [1.29, 1.82) is 0 Å². The first kappa shape index (κ1) is 18.3. The topological polar surface area (TPSA) is 98.5 Å². The van der Waals surface area contributed by atoms with E-state index in [4.69, 9.17) is 4.74 Å². The summed E-state index contributed by atoms with van der Waals surface area (Å²) in [7, 11) is 0. The van der Waals surface area contributed by atoms with Crippen molar-refractivity contribution in [3.63, 3.8) is 0 Å². The second-order valence-electron chi connectivity index (χ2n) is 6.89. The fourth-order valence-electron chi connectivity index (χ4n) is 3.41. The number of ether oxygens (including phenoxy) is 1. The van der Waals surface area contributed by atoms with Gasteiger partial charge in [0.2, 0.25) is 0 Å². The van der Waals surface area contributed by atoms with E-state index in [9.17, 15) is 9.59 Å². The smallest absolute Gasteiger partial charge is 0.311 e. The Bertz CT molecular complexity index is 811. The maximum Gasteiger partial charge on any atom is 0.311 e. The van der Waals surface area contributed by atoms with Crippen LogP contribution in [0.5, 0.6) is 0 Å². The summed E-state index contributed by atoms with van der Waals surface area (Å²) in [5.74, 6) is -0.190. The second-order valence-corrected chi connectivity index (χ2v) is 6.89. The molecule has 0 saturated heterocycles. The van der Waals surface area contributed by atoms with Gasteiger partial charge in [0.05, 0.1) is 6.42 Å². The van der Waals surface area contributed by atoms with Gasteiger partial charge in [0.15, 0.2) is 6.10 Å². The quantitative estimate of drug-likeness (QED) is 0.815. The van der Waals surface area contributed by atoms with Gasteiger partial charge in [-0.3, -0.25) is 9.59 Å². The average molecular weight is 359 g/mol. The molecule has 0 radical (unpaired) electrons. The van der Waals surface area contributed by atoms with Crippen LogP contribution in [0, 0.1) is 13.8 Å². The highest BCUT2D eigenvalue weighted by Gasteiger charge is 2.23. The van der Waals surface area contributed by atoms with Crippen LogP contribution in [0.1, 0.15) is 56.0 Å². The maximum absolute atomic E-state index is 12.3. The highest BCUT2D eigenvalue weighted by Crippen LogP contribution is 2.18. The SMILES string of the molecule is Cc1nc2ncnn2c(C)c1CC(=O)O[C@H](C)C(=O)NC1CCCCC1. The van der Waals surface area contributed by atoms with E-state index in [-0.39, 0.29) is 18.4 Å². The third kappa shape index (κ3) is 4.00. The molecule has 0 unspecified atom stereocenters. The lowest BCUT2D eigenvalue weighted by Gasteiger charge is -2.24. The minimum Gasteiger partial charge on any atom is -0.452 e. The third-order valence-electron chi connectivity index (χ3n) is 4.94. The maximum atomic E-state index is 12.3. The van der Waals surface area contributed by atoms with E-state index < -0.39 is 12.1 Å². The number of fused-ring (bicyclic) bond motifs is 1. The molecule has 1 aliphatic rings. The number of aromatic nitrogens is 4. The Morgan fingerprint density at radius 3 is 2.77 bits per heavy atom. The molecule has 2 aromatic heterocycles. The highest BCUT2D eigenvalue weighted by molar-refractivity contribution is 5.84. The standard InChI is InChI=1S/C18H25N5O3/c1-11-15(12(2)23-18(21-11)19-10-20-23)9-16(24)26-13(3)17(25)22-14-7-5-4-6-8-14/h10,13-14H,4-9H2,1-3H3,(H,22,25)/t13-/m1/s1. The van der Waals surface area contributed by atoms with Gasteiger partial charge in [0.1, 0.15) is 6.33 Å². The van der Waals surface area contributed by atoms with Crippen molar-refractivity contribution >= 4 is 17.7 Å². The monoisotopic (exact) mass is 359 g/mol. The van der Waals surface area contributed by atoms with Crippen LogP contribution in [-0.4, -0.2) is 43.6 Å². The normalized spacial score (nSPS) is 16.4. The molecular formula is C18H25N5O3. The van der Waals surface area contributed by atoms with Gasteiger partial charge in [-0.15, -0.1) is 0 Å². The van der Waals surface area contributed by atoms with Gasteiger partial charge >= 0.3 is 5.97 Å². The molecule has 1 atom stereocenters. The van der Waals surface area contributed by atoms with E-state index in [2.05, 4.69) is 20.4 Å². The third-order valence-corrected chi connectivity index (χ3v) is 4.94. The number of carbonyl (C=O) groups excluding carboxylic acids is 2. The van der Waals surface area contributed by atoms with Gasteiger partial charge in [-0.1, -0.05) is 19.3 Å². The first-order valence-corrected chi connectivity index (χ1v) is 9.11. The van der Waals surface area contributed by atoms with Gasteiger partial charge in [-0.2, -0.15) is 10.1 Å². The van der Waals surface area contributed by atoms with Crippen molar-refractivity contribution in [3.8, 4) is 0 Å².